The van der Waals surface area contributed by atoms with Crippen LogP contribution < -0.4 is 5.32 Å². The first-order chi connectivity index (χ1) is 10.5. The summed E-state index contributed by atoms with van der Waals surface area (Å²) in [5.74, 6) is -0.753. The van der Waals surface area contributed by atoms with Gasteiger partial charge in [0, 0.05) is 6.08 Å². The SMILES string of the molecule is COC(=O)c1sc(NC(=O)C=Cc2ccc(C)cc2)nc1C. The number of nitrogens with zero attached hydrogens (tertiary/aromatic N) is 1. The smallest absolute Gasteiger partial charge is 0.350 e. The number of methoxy groups -OCH3 is 1. The van der Waals surface area contributed by atoms with Crippen LogP contribution in [0.3, 0.4) is 0 Å². The van der Waals surface area contributed by atoms with Crippen LogP contribution >= 0.6 is 11.3 Å². The number of esters is 1. The van der Waals surface area contributed by atoms with E-state index in [0.717, 1.165) is 22.5 Å². The van der Waals surface area contributed by atoms with Gasteiger partial charge in [0.2, 0.25) is 5.91 Å². The fraction of sp³-hybridized carbons (Fsp3) is 0.188. The number of benzene rings is 1. The highest BCUT2D eigenvalue weighted by Crippen LogP contribution is 2.23. The van der Waals surface area contributed by atoms with Crippen molar-refractivity contribution in [2.45, 2.75) is 13.8 Å². The molecule has 0 spiro atoms. The number of aryl methyl sites for hydroxylation is 2. The van der Waals surface area contributed by atoms with E-state index in [2.05, 4.69) is 15.0 Å². The van der Waals surface area contributed by atoms with Crippen LogP contribution in [0.25, 0.3) is 6.08 Å². The number of carbonyl (C=O) groups is 2. The van der Waals surface area contributed by atoms with Gasteiger partial charge in [0.25, 0.3) is 0 Å². The fourth-order valence-corrected chi connectivity index (χ4v) is 2.62. The second kappa shape index (κ2) is 7.00. The second-order valence-electron chi connectivity index (χ2n) is 4.66. The Hall–Kier alpha value is -2.47. The van der Waals surface area contributed by atoms with Gasteiger partial charge in [0.1, 0.15) is 4.88 Å². The molecule has 5 nitrogen and oxygen atoms in total. The lowest BCUT2D eigenvalue weighted by Crippen LogP contribution is -2.07. The predicted molar refractivity (Wildman–Crippen MR) is 87.0 cm³/mol. The van der Waals surface area contributed by atoms with E-state index < -0.39 is 5.97 Å². The number of amides is 1. The van der Waals surface area contributed by atoms with Gasteiger partial charge >= 0.3 is 5.97 Å². The number of nitrogens with one attached hydrogen (secondary N) is 1. The monoisotopic (exact) mass is 316 g/mol. The molecular formula is C16H16N2O3S. The van der Waals surface area contributed by atoms with Crippen molar-refractivity contribution < 1.29 is 14.3 Å². The minimum Gasteiger partial charge on any atom is -0.465 e. The lowest BCUT2D eigenvalue weighted by Gasteiger charge is -1.97. The summed E-state index contributed by atoms with van der Waals surface area (Å²) < 4.78 is 4.66. The van der Waals surface area contributed by atoms with Gasteiger partial charge < -0.3 is 4.74 Å². The minimum absolute atomic E-state index is 0.300. The molecule has 1 N–H and O–H groups in total. The number of ether oxygens (including phenoxy) is 1. The Bertz CT molecular complexity index is 717. The molecule has 0 bridgehead atoms. The molecule has 0 unspecified atom stereocenters. The van der Waals surface area contributed by atoms with E-state index in [1.165, 1.54) is 13.2 Å². The lowest BCUT2D eigenvalue weighted by atomic mass is 10.1. The maximum atomic E-state index is 11.9. The summed E-state index contributed by atoms with van der Waals surface area (Å²) >= 11 is 1.09. The van der Waals surface area contributed by atoms with Crippen molar-refractivity contribution >= 4 is 34.4 Å². The molecule has 0 aliphatic heterocycles. The van der Waals surface area contributed by atoms with Crippen molar-refractivity contribution in [3.05, 3.63) is 52.0 Å². The quantitative estimate of drug-likeness (QED) is 0.695. The van der Waals surface area contributed by atoms with Gasteiger partial charge in [0.05, 0.1) is 12.8 Å². The molecule has 2 aromatic rings. The number of carbonyl (C=O) groups excluding carboxylic acids is 2. The van der Waals surface area contributed by atoms with E-state index in [1.807, 2.05) is 31.2 Å². The molecule has 0 aliphatic rings. The van der Waals surface area contributed by atoms with E-state index in [1.54, 1.807) is 13.0 Å². The normalized spacial score (nSPS) is 10.7. The Morgan fingerprint density at radius 1 is 1.23 bits per heavy atom. The van der Waals surface area contributed by atoms with E-state index >= 15 is 0 Å². The maximum absolute atomic E-state index is 11.9. The molecular weight excluding hydrogens is 300 g/mol. The number of aromatic nitrogens is 1. The summed E-state index contributed by atoms with van der Waals surface area (Å²) in [6.45, 7) is 3.70. The number of anilines is 1. The standard InChI is InChI=1S/C16H16N2O3S/c1-10-4-6-12(7-5-10)8-9-13(19)18-16-17-11(2)14(22-16)15(20)21-3/h4-9H,1-3H3,(H,17,18,19). The third-order valence-electron chi connectivity index (χ3n) is 2.90. The van der Waals surface area contributed by atoms with E-state index in [4.69, 9.17) is 0 Å². The summed E-state index contributed by atoms with van der Waals surface area (Å²) in [6.07, 6.45) is 3.15. The fourth-order valence-electron chi connectivity index (χ4n) is 1.73. The first-order valence-electron chi connectivity index (χ1n) is 6.61. The van der Waals surface area contributed by atoms with Crippen LogP contribution in [0.5, 0.6) is 0 Å². The number of hydrogen-bond acceptors (Lipinski definition) is 5. The number of thiazole rings is 1. The second-order valence-corrected chi connectivity index (χ2v) is 5.66. The van der Waals surface area contributed by atoms with Gasteiger partial charge in [-0.3, -0.25) is 10.1 Å². The highest BCUT2D eigenvalue weighted by atomic mass is 32.1. The molecule has 1 aromatic carbocycles. The van der Waals surface area contributed by atoms with Crippen molar-refractivity contribution in [3.8, 4) is 0 Å². The zero-order valence-electron chi connectivity index (χ0n) is 12.5. The van der Waals surface area contributed by atoms with Gasteiger partial charge in [-0.2, -0.15) is 0 Å². The average molecular weight is 316 g/mol. The zero-order valence-corrected chi connectivity index (χ0v) is 13.4. The van der Waals surface area contributed by atoms with Crippen LogP contribution in [0.1, 0.15) is 26.5 Å². The molecule has 2 rings (SSSR count). The molecule has 1 heterocycles. The van der Waals surface area contributed by atoms with E-state index in [0.29, 0.717) is 15.7 Å². The van der Waals surface area contributed by atoms with Gasteiger partial charge in [-0.05, 0) is 25.5 Å². The Balaban J connectivity index is 2.03. The number of hydrogen-bond donors (Lipinski definition) is 1. The minimum atomic E-state index is -0.453. The highest BCUT2D eigenvalue weighted by Gasteiger charge is 2.16. The van der Waals surface area contributed by atoms with Crippen molar-refractivity contribution in [3.63, 3.8) is 0 Å². The molecule has 0 fully saturated rings. The summed E-state index contributed by atoms with van der Waals surface area (Å²) in [5.41, 5.74) is 2.64. The van der Waals surface area contributed by atoms with Gasteiger partial charge in [-0.15, -0.1) is 0 Å². The Morgan fingerprint density at radius 3 is 2.55 bits per heavy atom. The van der Waals surface area contributed by atoms with Crippen LogP contribution in [-0.2, 0) is 9.53 Å². The Labute approximate surface area is 132 Å². The zero-order chi connectivity index (χ0) is 16.1. The van der Waals surface area contributed by atoms with Gasteiger partial charge in [-0.1, -0.05) is 41.2 Å². The molecule has 0 saturated heterocycles. The topological polar surface area (TPSA) is 68.3 Å². The summed E-state index contributed by atoms with van der Waals surface area (Å²) in [6, 6.07) is 7.82. The molecule has 0 atom stereocenters. The summed E-state index contributed by atoms with van der Waals surface area (Å²) in [7, 11) is 1.31. The van der Waals surface area contributed by atoms with E-state index in [9.17, 15) is 9.59 Å². The molecule has 6 heteroatoms. The van der Waals surface area contributed by atoms with Crippen LogP contribution in [0.4, 0.5) is 5.13 Å². The summed E-state index contributed by atoms with van der Waals surface area (Å²) in [5, 5.41) is 3.01. The van der Waals surface area contributed by atoms with Crippen LogP contribution in [0.15, 0.2) is 30.3 Å². The van der Waals surface area contributed by atoms with Crippen molar-refractivity contribution in [1.82, 2.24) is 4.98 Å². The lowest BCUT2D eigenvalue weighted by molar-refractivity contribution is -0.111. The molecule has 0 aliphatic carbocycles. The molecule has 1 aromatic heterocycles. The molecule has 0 saturated carbocycles. The highest BCUT2D eigenvalue weighted by molar-refractivity contribution is 7.17. The van der Waals surface area contributed by atoms with Crippen molar-refractivity contribution in [1.29, 1.82) is 0 Å². The largest absolute Gasteiger partial charge is 0.465 e. The first-order valence-corrected chi connectivity index (χ1v) is 7.42. The molecule has 0 radical (unpaired) electrons. The predicted octanol–water partition coefficient (Wildman–Crippen LogP) is 3.20. The first kappa shape index (κ1) is 15.9. The molecule has 114 valence electrons. The Morgan fingerprint density at radius 2 is 1.91 bits per heavy atom. The molecule has 22 heavy (non-hydrogen) atoms. The third-order valence-corrected chi connectivity index (χ3v) is 3.95. The van der Waals surface area contributed by atoms with Crippen LogP contribution in [0.2, 0.25) is 0 Å². The van der Waals surface area contributed by atoms with Gasteiger partial charge in [-0.25, -0.2) is 9.78 Å². The number of rotatable bonds is 4. The van der Waals surface area contributed by atoms with E-state index in [-0.39, 0.29) is 5.91 Å². The van der Waals surface area contributed by atoms with Crippen LogP contribution in [0, 0.1) is 13.8 Å². The molecule has 1 amide bonds. The summed E-state index contributed by atoms with van der Waals surface area (Å²) in [4.78, 5) is 27.9. The van der Waals surface area contributed by atoms with Crippen molar-refractivity contribution in [2.75, 3.05) is 12.4 Å². The Kier molecular flexibility index (Phi) is 5.06. The van der Waals surface area contributed by atoms with Crippen LogP contribution in [-0.4, -0.2) is 24.0 Å². The third kappa shape index (κ3) is 4.02. The van der Waals surface area contributed by atoms with Gasteiger partial charge in [0.15, 0.2) is 5.13 Å². The average Bonchev–Trinajstić information content (AvgIpc) is 2.86. The maximum Gasteiger partial charge on any atom is 0.350 e. The van der Waals surface area contributed by atoms with Crippen molar-refractivity contribution in [2.24, 2.45) is 0 Å².